The Bertz CT molecular complexity index is 2920. The second-order valence-electron chi connectivity index (χ2n) is 12.8. The molecule has 0 unspecified atom stereocenters. The van der Waals surface area contributed by atoms with Crippen molar-refractivity contribution in [1.82, 2.24) is 15.0 Å². The quantitative estimate of drug-likeness (QED) is 0.181. The average Bonchev–Trinajstić information content (AvgIpc) is 3.20. The molecule has 3 heterocycles. The summed E-state index contributed by atoms with van der Waals surface area (Å²) in [6.07, 6.45) is 0. The van der Waals surface area contributed by atoms with E-state index in [1.807, 2.05) is 18.2 Å². The summed E-state index contributed by atoms with van der Waals surface area (Å²) < 4.78 is 0. The molecule has 0 bridgehead atoms. The predicted molar refractivity (Wildman–Crippen MR) is 209 cm³/mol. The van der Waals surface area contributed by atoms with Crippen LogP contribution in [0, 0.1) is 0 Å². The van der Waals surface area contributed by atoms with Gasteiger partial charge in [0.25, 0.3) is 0 Å². The van der Waals surface area contributed by atoms with Crippen molar-refractivity contribution in [2.45, 2.75) is 0 Å². The molecule has 232 valence electrons. The van der Waals surface area contributed by atoms with Crippen molar-refractivity contribution in [3.63, 3.8) is 0 Å². The number of para-hydroxylation sites is 1. The molecule has 0 amide bonds. The fourth-order valence-corrected chi connectivity index (χ4v) is 7.43. The lowest BCUT2D eigenvalue weighted by molar-refractivity contribution is 1.36. The molecule has 50 heavy (non-hydrogen) atoms. The third-order valence-corrected chi connectivity index (χ3v) is 9.83. The molecule has 0 saturated carbocycles. The highest BCUT2D eigenvalue weighted by atomic mass is 14.8. The Kier molecular flexibility index (Phi) is 6.49. The molecule has 0 saturated heterocycles. The zero-order valence-electron chi connectivity index (χ0n) is 27.1. The van der Waals surface area contributed by atoms with Crippen LogP contribution in [0.2, 0.25) is 0 Å². The number of hydrogen-bond donors (Lipinski definition) is 0. The van der Waals surface area contributed by atoms with Crippen LogP contribution in [0.25, 0.3) is 99.2 Å². The molecule has 0 aliphatic rings. The van der Waals surface area contributed by atoms with E-state index in [0.29, 0.717) is 0 Å². The number of hydrogen-bond acceptors (Lipinski definition) is 3. The Morgan fingerprint density at radius 2 is 0.880 bits per heavy atom. The van der Waals surface area contributed by atoms with Gasteiger partial charge in [0.2, 0.25) is 0 Å². The summed E-state index contributed by atoms with van der Waals surface area (Å²) in [6, 6.07) is 62.0. The van der Waals surface area contributed by atoms with Crippen molar-refractivity contribution < 1.29 is 0 Å². The molecule has 0 aliphatic heterocycles. The third-order valence-electron chi connectivity index (χ3n) is 9.83. The second kappa shape index (κ2) is 11.5. The second-order valence-corrected chi connectivity index (χ2v) is 12.8. The summed E-state index contributed by atoms with van der Waals surface area (Å²) in [7, 11) is 0. The van der Waals surface area contributed by atoms with Gasteiger partial charge >= 0.3 is 0 Å². The SMILES string of the molecule is c1ccc(-c2ccc3ccc4ccc(-c5cccc(-c6cccc7c(-c8cccc9ccccc89)nc8ccccc8c67)c5)nc4c3n2)cc1. The maximum absolute atomic E-state index is 5.29. The lowest BCUT2D eigenvalue weighted by Gasteiger charge is -2.16. The first kappa shape index (κ1) is 28.3. The van der Waals surface area contributed by atoms with Gasteiger partial charge in [-0.3, -0.25) is 0 Å². The maximum atomic E-state index is 5.29. The van der Waals surface area contributed by atoms with Crippen LogP contribution in [-0.4, -0.2) is 15.0 Å². The standard InChI is InChI=1S/C47H29N3/c1-2-12-31(13-3-1)41-27-25-32-23-24-33-26-28-42(49-46(33)45(32)48-41)35-16-8-15-34(29-35)37-19-10-21-40-44(37)39-18-6-7-22-43(39)50-47(40)38-20-9-14-30-11-4-5-17-36(30)38/h1-29H. The molecule has 10 rings (SSSR count). The smallest absolute Gasteiger partial charge is 0.0972 e. The summed E-state index contributed by atoms with van der Waals surface area (Å²) in [5.41, 5.74) is 11.3. The fraction of sp³-hybridized carbons (Fsp3) is 0. The molecule has 0 N–H and O–H groups in total. The number of rotatable bonds is 4. The van der Waals surface area contributed by atoms with Crippen molar-refractivity contribution in [2.24, 2.45) is 0 Å². The van der Waals surface area contributed by atoms with Gasteiger partial charge in [0.05, 0.1) is 33.6 Å². The monoisotopic (exact) mass is 635 g/mol. The van der Waals surface area contributed by atoms with Gasteiger partial charge in [-0.2, -0.15) is 0 Å². The summed E-state index contributed by atoms with van der Waals surface area (Å²) in [5, 5.41) is 8.04. The van der Waals surface area contributed by atoms with Gasteiger partial charge in [-0.25, -0.2) is 15.0 Å². The molecular formula is C47H29N3. The number of pyridine rings is 3. The van der Waals surface area contributed by atoms with Crippen molar-refractivity contribution in [1.29, 1.82) is 0 Å². The summed E-state index contributed by atoms with van der Waals surface area (Å²) in [5.74, 6) is 0. The first-order valence-electron chi connectivity index (χ1n) is 16.9. The van der Waals surface area contributed by atoms with Gasteiger partial charge in [-0.15, -0.1) is 0 Å². The fourth-order valence-electron chi connectivity index (χ4n) is 7.43. The number of nitrogens with zero attached hydrogens (tertiary/aromatic N) is 3. The zero-order chi connectivity index (χ0) is 33.0. The van der Waals surface area contributed by atoms with Gasteiger partial charge in [0.15, 0.2) is 0 Å². The molecule has 0 aliphatic carbocycles. The van der Waals surface area contributed by atoms with Crippen molar-refractivity contribution in [3.05, 3.63) is 176 Å². The number of fused-ring (bicyclic) bond motifs is 7. The number of aromatic nitrogens is 3. The third kappa shape index (κ3) is 4.63. The lowest BCUT2D eigenvalue weighted by Crippen LogP contribution is -1.93. The van der Waals surface area contributed by atoms with Crippen LogP contribution in [0.15, 0.2) is 176 Å². The van der Waals surface area contributed by atoms with Crippen LogP contribution < -0.4 is 0 Å². The Hall–Kier alpha value is -6.71. The summed E-state index contributed by atoms with van der Waals surface area (Å²) in [6.45, 7) is 0. The van der Waals surface area contributed by atoms with Gasteiger partial charge < -0.3 is 0 Å². The highest BCUT2D eigenvalue weighted by Gasteiger charge is 2.17. The van der Waals surface area contributed by atoms with Crippen LogP contribution in [0.1, 0.15) is 0 Å². The predicted octanol–water partition coefficient (Wildman–Crippen LogP) is 12.3. The van der Waals surface area contributed by atoms with Crippen LogP contribution in [0.4, 0.5) is 0 Å². The highest BCUT2D eigenvalue weighted by molar-refractivity contribution is 6.18. The Labute approximate surface area is 289 Å². The van der Waals surface area contributed by atoms with Crippen molar-refractivity contribution in [2.75, 3.05) is 0 Å². The zero-order valence-corrected chi connectivity index (χ0v) is 27.1. The van der Waals surface area contributed by atoms with Crippen LogP contribution >= 0.6 is 0 Å². The Morgan fingerprint density at radius 1 is 0.320 bits per heavy atom. The van der Waals surface area contributed by atoms with E-state index in [1.54, 1.807) is 0 Å². The molecule has 10 aromatic rings. The Balaban J connectivity index is 1.16. The van der Waals surface area contributed by atoms with Crippen LogP contribution in [0.5, 0.6) is 0 Å². The largest absolute Gasteiger partial charge is 0.247 e. The average molecular weight is 636 g/mol. The normalized spacial score (nSPS) is 11.6. The van der Waals surface area contributed by atoms with E-state index in [1.165, 1.54) is 21.7 Å². The Morgan fingerprint density at radius 3 is 1.70 bits per heavy atom. The summed E-state index contributed by atoms with van der Waals surface area (Å²) >= 11 is 0. The minimum Gasteiger partial charge on any atom is -0.247 e. The molecular weight excluding hydrogens is 607 g/mol. The summed E-state index contributed by atoms with van der Waals surface area (Å²) in [4.78, 5) is 15.7. The van der Waals surface area contributed by atoms with E-state index in [2.05, 4.69) is 158 Å². The van der Waals surface area contributed by atoms with Gasteiger partial charge in [0.1, 0.15) is 0 Å². The first-order chi connectivity index (χ1) is 24.8. The minimum absolute atomic E-state index is 0.908. The van der Waals surface area contributed by atoms with E-state index < -0.39 is 0 Å². The molecule has 0 spiro atoms. The molecule has 0 radical (unpaired) electrons. The molecule has 3 aromatic heterocycles. The molecule has 3 nitrogen and oxygen atoms in total. The van der Waals surface area contributed by atoms with Gasteiger partial charge in [-0.05, 0) is 46.2 Å². The first-order valence-corrected chi connectivity index (χ1v) is 16.9. The number of benzene rings is 7. The molecule has 0 fully saturated rings. The van der Waals surface area contributed by atoms with Crippen LogP contribution in [-0.2, 0) is 0 Å². The molecule has 0 atom stereocenters. The van der Waals surface area contributed by atoms with E-state index in [-0.39, 0.29) is 0 Å². The molecule has 3 heteroatoms. The van der Waals surface area contributed by atoms with Gasteiger partial charge in [0, 0.05) is 43.6 Å². The lowest BCUT2D eigenvalue weighted by atomic mass is 9.91. The topological polar surface area (TPSA) is 38.7 Å². The maximum Gasteiger partial charge on any atom is 0.0972 e. The van der Waals surface area contributed by atoms with Crippen LogP contribution in [0.3, 0.4) is 0 Å². The van der Waals surface area contributed by atoms with E-state index >= 15 is 0 Å². The van der Waals surface area contributed by atoms with Crippen molar-refractivity contribution >= 4 is 54.3 Å². The van der Waals surface area contributed by atoms with Crippen molar-refractivity contribution in [3.8, 4) is 44.9 Å². The molecule has 7 aromatic carbocycles. The van der Waals surface area contributed by atoms with E-state index in [9.17, 15) is 0 Å². The van der Waals surface area contributed by atoms with E-state index in [4.69, 9.17) is 15.0 Å². The van der Waals surface area contributed by atoms with E-state index in [0.717, 1.165) is 77.4 Å². The van der Waals surface area contributed by atoms with Gasteiger partial charge in [-0.1, -0.05) is 152 Å². The highest BCUT2D eigenvalue weighted by Crippen LogP contribution is 2.41. The minimum atomic E-state index is 0.908.